The first-order valence-electron chi connectivity index (χ1n) is 8.86. The van der Waals surface area contributed by atoms with Crippen LogP contribution in [0.1, 0.15) is 30.9 Å². The van der Waals surface area contributed by atoms with Crippen molar-refractivity contribution in [3.8, 4) is 0 Å². The van der Waals surface area contributed by atoms with E-state index in [2.05, 4.69) is 26.9 Å². The summed E-state index contributed by atoms with van der Waals surface area (Å²) >= 11 is 0. The van der Waals surface area contributed by atoms with Crippen LogP contribution in [0.3, 0.4) is 0 Å². The van der Waals surface area contributed by atoms with Crippen molar-refractivity contribution in [2.24, 2.45) is 10.9 Å². The van der Waals surface area contributed by atoms with Crippen molar-refractivity contribution >= 4 is 16.0 Å². The van der Waals surface area contributed by atoms with Gasteiger partial charge in [0.05, 0.1) is 4.90 Å². The Morgan fingerprint density at radius 3 is 2.56 bits per heavy atom. The molecule has 0 spiro atoms. The molecule has 1 heterocycles. The molecular weight excluding hydrogens is 336 g/mol. The maximum atomic E-state index is 12.5. The number of guanidine groups is 1. The van der Waals surface area contributed by atoms with Crippen molar-refractivity contribution in [2.75, 3.05) is 33.2 Å². The number of hydrogen-bond donors (Lipinski definition) is 2. The number of aliphatic imine (C=N–C) groups is 1. The molecule has 7 heteroatoms. The van der Waals surface area contributed by atoms with Crippen molar-refractivity contribution in [3.05, 3.63) is 29.3 Å². The third-order valence-electron chi connectivity index (χ3n) is 4.63. The predicted molar refractivity (Wildman–Crippen MR) is 102 cm³/mol. The van der Waals surface area contributed by atoms with Gasteiger partial charge in [-0.25, -0.2) is 13.1 Å². The van der Waals surface area contributed by atoms with E-state index in [1.807, 2.05) is 26.0 Å². The van der Waals surface area contributed by atoms with Crippen molar-refractivity contribution in [3.63, 3.8) is 0 Å². The highest BCUT2D eigenvalue weighted by molar-refractivity contribution is 7.89. The van der Waals surface area contributed by atoms with Crippen LogP contribution in [0.25, 0.3) is 0 Å². The summed E-state index contributed by atoms with van der Waals surface area (Å²) in [5, 5.41) is 3.25. The number of likely N-dealkylation sites (tertiary alicyclic amines) is 1. The summed E-state index contributed by atoms with van der Waals surface area (Å²) in [6.45, 7) is 8.79. The molecule has 1 aliphatic heterocycles. The normalized spacial score (nSPS) is 17.0. The van der Waals surface area contributed by atoms with Crippen molar-refractivity contribution in [2.45, 2.75) is 38.5 Å². The van der Waals surface area contributed by atoms with E-state index in [-0.39, 0.29) is 0 Å². The molecule has 0 atom stereocenters. The topological polar surface area (TPSA) is 73.8 Å². The molecule has 0 aliphatic carbocycles. The third-order valence-corrected chi connectivity index (χ3v) is 6.23. The lowest BCUT2D eigenvalue weighted by Gasteiger charge is -2.32. The number of sulfonamides is 1. The van der Waals surface area contributed by atoms with E-state index in [1.54, 1.807) is 13.1 Å². The Kier molecular flexibility index (Phi) is 6.84. The summed E-state index contributed by atoms with van der Waals surface area (Å²) in [5.74, 6) is 1.61. The molecule has 0 bridgehead atoms. The summed E-state index contributed by atoms with van der Waals surface area (Å²) in [6.07, 6.45) is 2.33. The van der Waals surface area contributed by atoms with Crippen LogP contribution in [0.4, 0.5) is 0 Å². The monoisotopic (exact) mass is 366 g/mol. The fourth-order valence-electron chi connectivity index (χ4n) is 2.99. The van der Waals surface area contributed by atoms with Gasteiger partial charge in [-0.15, -0.1) is 0 Å². The molecule has 140 valence electrons. The molecule has 1 saturated heterocycles. The van der Waals surface area contributed by atoms with Crippen LogP contribution in [0, 0.1) is 19.8 Å². The van der Waals surface area contributed by atoms with Gasteiger partial charge in [0.15, 0.2) is 5.96 Å². The highest BCUT2D eigenvalue weighted by atomic mass is 32.2. The molecule has 0 amide bonds. The SMILES string of the molecule is CN=C(NCCNS(=O)(=O)c1cc(C)ccc1C)N1CCC(C)CC1. The highest BCUT2D eigenvalue weighted by Gasteiger charge is 2.19. The number of hydrogen-bond acceptors (Lipinski definition) is 3. The number of nitrogens with one attached hydrogen (secondary N) is 2. The maximum absolute atomic E-state index is 12.5. The van der Waals surface area contributed by atoms with E-state index in [0.29, 0.717) is 18.0 Å². The first kappa shape index (κ1) is 19.7. The maximum Gasteiger partial charge on any atom is 0.240 e. The van der Waals surface area contributed by atoms with Gasteiger partial charge in [0, 0.05) is 33.2 Å². The Hall–Kier alpha value is -1.60. The average molecular weight is 367 g/mol. The van der Waals surface area contributed by atoms with Crippen LogP contribution in [-0.4, -0.2) is 52.5 Å². The molecule has 1 aromatic rings. The van der Waals surface area contributed by atoms with Crippen LogP contribution < -0.4 is 10.0 Å². The molecule has 25 heavy (non-hydrogen) atoms. The Morgan fingerprint density at radius 2 is 1.92 bits per heavy atom. The minimum absolute atomic E-state index is 0.318. The van der Waals surface area contributed by atoms with Gasteiger partial charge in [0.1, 0.15) is 0 Å². The lowest BCUT2D eigenvalue weighted by atomic mass is 10.00. The van der Waals surface area contributed by atoms with Crippen LogP contribution in [0.2, 0.25) is 0 Å². The van der Waals surface area contributed by atoms with Gasteiger partial charge in [-0.05, 0) is 49.8 Å². The smallest absolute Gasteiger partial charge is 0.240 e. The van der Waals surface area contributed by atoms with E-state index in [4.69, 9.17) is 0 Å². The Balaban J connectivity index is 1.86. The van der Waals surface area contributed by atoms with E-state index in [1.165, 1.54) is 12.8 Å². The van der Waals surface area contributed by atoms with Crippen molar-refractivity contribution in [1.29, 1.82) is 0 Å². The van der Waals surface area contributed by atoms with E-state index >= 15 is 0 Å². The first-order valence-corrected chi connectivity index (χ1v) is 10.3. The Bertz CT molecular complexity index is 708. The zero-order chi connectivity index (χ0) is 18.4. The second-order valence-electron chi connectivity index (χ2n) is 6.81. The summed E-state index contributed by atoms with van der Waals surface area (Å²) in [5.41, 5.74) is 1.69. The Morgan fingerprint density at radius 1 is 1.24 bits per heavy atom. The molecular formula is C18H30N4O2S. The standard InChI is InChI=1S/C18H30N4O2S/c1-14-7-11-22(12-8-14)18(19-4)20-9-10-21-25(23,24)17-13-15(2)5-6-16(17)3/h5-6,13-14,21H,7-12H2,1-4H3,(H,19,20). The average Bonchev–Trinajstić information content (AvgIpc) is 2.58. The van der Waals surface area contributed by atoms with Crippen LogP contribution >= 0.6 is 0 Å². The number of piperidine rings is 1. The molecule has 1 fully saturated rings. The molecule has 1 aromatic carbocycles. The molecule has 0 unspecified atom stereocenters. The third kappa shape index (κ3) is 5.44. The lowest BCUT2D eigenvalue weighted by Crippen LogP contribution is -2.47. The molecule has 2 N–H and O–H groups in total. The van der Waals surface area contributed by atoms with E-state index in [0.717, 1.165) is 36.1 Å². The van der Waals surface area contributed by atoms with Crippen molar-refractivity contribution < 1.29 is 8.42 Å². The minimum atomic E-state index is -3.49. The minimum Gasteiger partial charge on any atom is -0.355 e. The highest BCUT2D eigenvalue weighted by Crippen LogP contribution is 2.17. The van der Waals surface area contributed by atoms with Gasteiger partial charge in [-0.1, -0.05) is 19.1 Å². The molecule has 1 aliphatic rings. The van der Waals surface area contributed by atoms with Gasteiger partial charge in [-0.3, -0.25) is 4.99 Å². The lowest BCUT2D eigenvalue weighted by molar-refractivity contribution is 0.273. The van der Waals surface area contributed by atoms with Gasteiger partial charge < -0.3 is 10.2 Å². The summed E-state index contributed by atoms with van der Waals surface area (Å²) < 4.78 is 27.6. The predicted octanol–water partition coefficient (Wildman–Crippen LogP) is 1.89. The number of benzene rings is 1. The molecule has 0 radical (unpaired) electrons. The van der Waals surface area contributed by atoms with Crippen LogP contribution in [0.5, 0.6) is 0 Å². The molecule has 6 nitrogen and oxygen atoms in total. The largest absolute Gasteiger partial charge is 0.355 e. The number of aryl methyl sites for hydroxylation is 2. The number of nitrogens with zero attached hydrogens (tertiary/aromatic N) is 2. The zero-order valence-electron chi connectivity index (χ0n) is 15.7. The van der Waals surface area contributed by atoms with Gasteiger partial charge in [-0.2, -0.15) is 0 Å². The van der Waals surface area contributed by atoms with Crippen molar-refractivity contribution in [1.82, 2.24) is 14.9 Å². The summed E-state index contributed by atoms with van der Waals surface area (Å²) in [4.78, 5) is 6.89. The second kappa shape index (κ2) is 8.67. The van der Waals surface area contributed by atoms with Gasteiger partial charge >= 0.3 is 0 Å². The first-order chi connectivity index (χ1) is 11.8. The fraction of sp³-hybridized carbons (Fsp3) is 0.611. The Labute approximate surface area is 151 Å². The van der Waals surface area contributed by atoms with Gasteiger partial charge in [0.2, 0.25) is 10.0 Å². The van der Waals surface area contributed by atoms with E-state index < -0.39 is 10.0 Å². The molecule has 0 aromatic heterocycles. The fourth-order valence-corrected chi connectivity index (χ4v) is 4.35. The second-order valence-corrected chi connectivity index (χ2v) is 8.55. The molecule has 0 saturated carbocycles. The zero-order valence-corrected chi connectivity index (χ0v) is 16.5. The van der Waals surface area contributed by atoms with Crippen LogP contribution in [0.15, 0.2) is 28.1 Å². The van der Waals surface area contributed by atoms with Gasteiger partial charge in [0.25, 0.3) is 0 Å². The summed E-state index contributed by atoms with van der Waals surface area (Å²) in [6, 6.07) is 5.46. The summed E-state index contributed by atoms with van der Waals surface area (Å²) in [7, 11) is -1.73. The van der Waals surface area contributed by atoms with Crippen LogP contribution in [-0.2, 0) is 10.0 Å². The quantitative estimate of drug-likeness (QED) is 0.474. The molecule has 2 rings (SSSR count). The number of rotatable bonds is 5. The van der Waals surface area contributed by atoms with E-state index in [9.17, 15) is 8.42 Å².